The zero-order chi connectivity index (χ0) is 9.68. The number of rotatable bonds is 2. The van der Waals surface area contributed by atoms with Crippen LogP contribution in [0.3, 0.4) is 0 Å². The molecule has 0 radical (unpaired) electrons. The number of carbonyl (C=O) groups excluding carboxylic acids is 1. The van der Waals surface area contributed by atoms with Crippen LogP contribution >= 0.6 is 0 Å². The van der Waals surface area contributed by atoms with Gasteiger partial charge >= 0.3 is 0 Å². The molecular formula is C11H13NO. The summed E-state index contributed by atoms with van der Waals surface area (Å²) in [6.07, 6.45) is 1.89. The Morgan fingerprint density at radius 1 is 1.31 bits per heavy atom. The first-order valence-electron chi connectivity index (χ1n) is 4.23. The van der Waals surface area contributed by atoms with Crippen molar-refractivity contribution in [2.75, 3.05) is 0 Å². The number of hydrogen-bond acceptors (Lipinski definition) is 1. The number of allylic oxidation sites excluding steroid dienone is 1. The predicted molar refractivity (Wildman–Crippen MR) is 53.9 cm³/mol. The summed E-state index contributed by atoms with van der Waals surface area (Å²) < 4.78 is 0. The van der Waals surface area contributed by atoms with Crippen molar-refractivity contribution in [3.05, 3.63) is 42.0 Å². The van der Waals surface area contributed by atoms with Gasteiger partial charge in [-0.3, -0.25) is 4.79 Å². The van der Waals surface area contributed by atoms with E-state index in [0.29, 0.717) is 0 Å². The van der Waals surface area contributed by atoms with Crippen LogP contribution < -0.4 is 5.32 Å². The van der Waals surface area contributed by atoms with Gasteiger partial charge in [-0.2, -0.15) is 0 Å². The van der Waals surface area contributed by atoms with Gasteiger partial charge in [0.2, 0.25) is 5.91 Å². The molecule has 1 amide bonds. The van der Waals surface area contributed by atoms with Gasteiger partial charge in [0.15, 0.2) is 0 Å². The van der Waals surface area contributed by atoms with Gasteiger partial charge in [0.25, 0.3) is 0 Å². The summed E-state index contributed by atoms with van der Waals surface area (Å²) in [5.74, 6) is -0.0445. The van der Waals surface area contributed by atoms with Crippen LogP contribution in [-0.4, -0.2) is 5.91 Å². The summed E-state index contributed by atoms with van der Waals surface area (Å²) in [7, 11) is 0. The molecule has 1 N–H and O–H groups in total. The first-order valence-corrected chi connectivity index (χ1v) is 4.23. The number of nitrogens with one attached hydrogen (secondary N) is 1. The lowest BCUT2D eigenvalue weighted by atomic mass is 10.1. The van der Waals surface area contributed by atoms with Gasteiger partial charge in [0.05, 0.1) is 0 Å². The molecule has 0 saturated carbocycles. The highest BCUT2D eigenvalue weighted by Gasteiger charge is 1.99. The van der Waals surface area contributed by atoms with Crippen LogP contribution in [0.5, 0.6) is 0 Å². The Morgan fingerprint density at radius 2 is 1.92 bits per heavy atom. The Labute approximate surface area is 78.3 Å². The molecule has 2 nitrogen and oxygen atoms in total. The molecule has 0 heterocycles. The average molecular weight is 175 g/mol. The molecule has 0 aromatic heterocycles. The Morgan fingerprint density at radius 3 is 2.38 bits per heavy atom. The minimum atomic E-state index is -0.0445. The second-order valence-electron chi connectivity index (χ2n) is 2.75. The van der Waals surface area contributed by atoms with Crippen LogP contribution in [0.15, 0.2) is 36.4 Å². The van der Waals surface area contributed by atoms with Crippen molar-refractivity contribution in [1.29, 1.82) is 0 Å². The van der Waals surface area contributed by atoms with Gasteiger partial charge in [-0.25, -0.2) is 0 Å². The fourth-order valence-corrected chi connectivity index (χ4v) is 1.12. The van der Waals surface area contributed by atoms with E-state index in [1.807, 2.05) is 43.3 Å². The molecule has 0 saturated heterocycles. The second-order valence-corrected chi connectivity index (χ2v) is 2.75. The van der Waals surface area contributed by atoms with Crippen molar-refractivity contribution in [2.24, 2.45) is 0 Å². The molecule has 1 rings (SSSR count). The first-order chi connectivity index (χ1) is 6.24. The van der Waals surface area contributed by atoms with Crippen molar-refractivity contribution in [3.8, 4) is 0 Å². The number of benzene rings is 1. The van der Waals surface area contributed by atoms with Crippen LogP contribution in [0.25, 0.3) is 5.70 Å². The van der Waals surface area contributed by atoms with Gasteiger partial charge in [-0.15, -0.1) is 0 Å². The van der Waals surface area contributed by atoms with Crippen LogP contribution in [0, 0.1) is 0 Å². The molecule has 0 aliphatic rings. The Balaban J connectivity index is 2.86. The molecule has 0 aliphatic carbocycles. The molecule has 0 atom stereocenters. The fourth-order valence-electron chi connectivity index (χ4n) is 1.12. The second kappa shape index (κ2) is 4.45. The van der Waals surface area contributed by atoms with E-state index in [-0.39, 0.29) is 5.91 Å². The van der Waals surface area contributed by atoms with Crippen molar-refractivity contribution in [1.82, 2.24) is 5.32 Å². The molecule has 0 unspecified atom stereocenters. The standard InChI is InChI=1S/C11H13NO/c1-3-11(12-9(2)13)10-7-5-4-6-8-10/h3-8H,1-2H3,(H,12,13)/b11-3-. The summed E-state index contributed by atoms with van der Waals surface area (Å²) in [5, 5.41) is 2.77. The van der Waals surface area contributed by atoms with E-state index in [1.54, 1.807) is 0 Å². The van der Waals surface area contributed by atoms with Crippen LogP contribution in [0.4, 0.5) is 0 Å². The van der Waals surface area contributed by atoms with E-state index in [4.69, 9.17) is 0 Å². The largest absolute Gasteiger partial charge is 0.326 e. The van der Waals surface area contributed by atoms with Crippen LogP contribution in [0.2, 0.25) is 0 Å². The number of amides is 1. The third-order valence-electron chi connectivity index (χ3n) is 1.68. The predicted octanol–water partition coefficient (Wildman–Crippen LogP) is 2.18. The van der Waals surface area contributed by atoms with Gasteiger partial charge in [-0.1, -0.05) is 36.4 Å². The highest BCUT2D eigenvalue weighted by atomic mass is 16.1. The van der Waals surface area contributed by atoms with Gasteiger partial charge in [-0.05, 0) is 12.5 Å². The van der Waals surface area contributed by atoms with E-state index in [2.05, 4.69) is 5.32 Å². The smallest absolute Gasteiger partial charge is 0.221 e. The summed E-state index contributed by atoms with van der Waals surface area (Å²) in [5.41, 5.74) is 1.88. The average Bonchev–Trinajstić information content (AvgIpc) is 2.15. The monoisotopic (exact) mass is 175 g/mol. The maximum atomic E-state index is 10.8. The van der Waals surface area contributed by atoms with Crippen molar-refractivity contribution >= 4 is 11.6 Å². The van der Waals surface area contributed by atoms with E-state index in [9.17, 15) is 4.79 Å². The highest BCUT2D eigenvalue weighted by molar-refractivity contribution is 5.84. The molecule has 0 spiro atoms. The number of carbonyl (C=O) groups is 1. The van der Waals surface area contributed by atoms with E-state index in [1.165, 1.54) is 6.92 Å². The first kappa shape index (κ1) is 9.52. The van der Waals surface area contributed by atoms with Gasteiger partial charge in [0.1, 0.15) is 0 Å². The summed E-state index contributed by atoms with van der Waals surface area (Å²) >= 11 is 0. The lowest BCUT2D eigenvalue weighted by Gasteiger charge is -2.06. The quantitative estimate of drug-likeness (QED) is 0.733. The SMILES string of the molecule is C/C=C(\NC(C)=O)c1ccccc1. The van der Waals surface area contributed by atoms with E-state index >= 15 is 0 Å². The molecular weight excluding hydrogens is 162 g/mol. The van der Waals surface area contributed by atoms with Gasteiger partial charge < -0.3 is 5.32 Å². The third-order valence-corrected chi connectivity index (χ3v) is 1.68. The Hall–Kier alpha value is -1.57. The molecule has 68 valence electrons. The van der Waals surface area contributed by atoms with Crippen LogP contribution in [-0.2, 0) is 4.79 Å². The lowest BCUT2D eigenvalue weighted by molar-refractivity contribution is -0.117. The topological polar surface area (TPSA) is 29.1 Å². The molecule has 2 heteroatoms. The zero-order valence-corrected chi connectivity index (χ0v) is 7.87. The van der Waals surface area contributed by atoms with E-state index < -0.39 is 0 Å². The maximum absolute atomic E-state index is 10.8. The van der Waals surface area contributed by atoms with Gasteiger partial charge in [0, 0.05) is 12.6 Å². The normalized spacial score (nSPS) is 11.1. The highest BCUT2D eigenvalue weighted by Crippen LogP contribution is 2.09. The van der Waals surface area contributed by atoms with Crippen molar-refractivity contribution in [2.45, 2.75) is 13.8 Å². The third kappa shape index (κ3) is 2.75. The molecule has 13 heavy (non-hydrogen) atoms. The minimum Gasteiger partial charge on any atom is -0.326 e. The summed E-state index contributed by atoms with van der Waals surface area (Å²) in [4.78, 5) is 10.8. The van der Waals surface area contributed by atoms with Crippen molar-refractivity contribution < 1.29 is 4.79 Å². The zero-order valence-electron chi connectivity index (χ0n) is 7.87. The molecule has 0 aliphatic heterocycles. The summed E-state index contributed by atoms with van der Waals surface area (Å²) in [6, 6.07) is 9.77. The lowest BCUT2D eigenvalue weighted by Crippen LogP contribution is -2.17. The number of hydrogen-bond donors (Lipinski definition) is 1. The minimum absolute atomic E-state index is 0.0445. The molecule has 0 bridgehead atoms. The Kier molecular flexibility index (Phi) is 3.26. The molecule has 0 fully saturated rings. The summed E-state index contributed by atoms with van der Waals surface area (Å²) in [6.45, 7) is 3.41. The Bertz CT molecular complexity index is 314. The maximum Gasteiger partial charge on any atom is 0.221 e. The molecule has 1 aromatic carbocycles. The molecule has 1 aromatic rings. The van der Waals surface area contributed by atoms with Crippen LogP contribution in [0.1, 0.15) is 19.4 Å². The van der Waals surface area contributed by atoms with Crippen molar-refractivity contribution in [3.63, 3.8) is 0 Å². The van der Waals surface area contributed by atoms with E-state index in [0.717, 1.165) is 11.3 Å². The fraction of sp³-hybridized carbons (Fsp3) is 0.182.